The van der Waals surface area contributed by atoms with Crippen LogP contribution in [0.2, 0.25) is 18.1 Å². The van der Waals surface area contributed by atoms with Gasteiger partial charge in [0.25, 0.3) is 0 Å². The lowest BCUT2D eigenvalue weighted by molar-refractivity contribution is -0.140. The number of aromatic nitrogens is 2. The van der Waals surface area contributed by atoms with E-state index in [4.69, 9.17) is 9.16 Å². The van der Waals surface area contributed by atoms with Crippen LogP contribution < -0.4 is 15.4 Å². The Hall–Kier alpha value is -4.20. The second-order valence-electron chi connectivity index (χ2n) is 12.6. The number of carbonyl (C=O) groups is 2. The van der Waals surface area contributed by atoms with Crippen molar-refractivity contribution in [3.8, 4) is 11.5 Å². The van der Waals surface area contributed by atoms with Gasteiger partial charge in [-0.2, -0.15) is 13.2 Å². The molecule has 0 saturated carbocycles. The summed E-state index contributed by atoms with van der Waals surface area (Å²) in [7, 11) is -2.23. The number of hydrogen-bond acceptors (Lipinski definition) is 6. The first-order valence-electron chi connectivity index (χ1n) is 14.4. The number of ether oxygens (including phenoxy) is 1. The summed E-state index contributed by atoms with van der Waals surface area (Å²) >= 11 is 0. The largest absolute Gasteiger partial charge is 0.480 e. The molecule has 1 unspecified atom stereocenters. The van der Waals surface area contributed by atoms with Crippen LogP contribution in [0.3, 0.4) is 0 Å². The fourth-order valence-electron chi connectivity index (χ4n) is 4.81. The fraction of sp³-hybridized carbons (Fsp3) is 0.344. The third-order valence-corrected chi connectivity index (χ3v) is 12.9. The normalized spacial score (nSPS) is 15.5. The Bertz CT molecular complexity index is 1760. The van der Waals surface area contributed by atoms with E-state index >= 15 is 0 Å². The van der Waals surface area contributed by atoms with Crippen molar-refractivity contribution in [3.05, 3.63) is 83.3 Å². The number of carboxylic acids is 1. The first kappa shape index (κ1) is 32.2. The smallest absolute Gasteiger partial charge is 0.416 e. The number of carbonyl (C=O) groups excluding carboxylic acids is 1. The number of amides is 1. The van der Waals surface area contributed by atoms with Gasteiger partial charge in [-0.15, -0.1) is 0 Å². The molecule has 2 aromatic carbocycles. The van der Waals surface area contributed by atoms with Gasteiger partial charge in [0.1, 0.15) is 17.5 Å². The van der Waals surface area contributed by atoms with Crippen LogP contribution in [0.25, 0.3) is 10.9 Å². The van der Waals surface area contributed by atoms with Crippen molar-refractivity contribution in [1.82, 2.24) is 14.9 Å². The predicted molar refractivity (Wildman–Crippen MR) is 166 cm³/mol. The first-order chi connectivity index (χ1) is 21.0. The lowest BCUT2D eigenvalue weighted by atomic mass is 10.0. The Balaban J connectivity index is 1.35. The van der Waals surface area contributed by atoms with Crippen molar-refractivity contribution in [2.45, 2.75) is 70.7 Å². The first-order valence-corrected chi connectivity index (χ1v) is 17.3. The van der Waals surface area contributed by atoms with Gasteiger partial charge in [-0.1, -0.05) is 20.8 Å². The van der Waals surface area contributed by atoms with Gasteiger partial charge in [0.15, 0.2) is 8.32 Å². The highest BCUT2D eigenvalue weighted by Gasteiger charge is 2.37. The van der Waals surface area contributed by atoms with Crippen LogP contribution in [0.4, 0.5) is 23.7 Å². The van der Waals surface area contributed by atoms with E-state index in [2.05, 4.69) is 36.4 Å². The maximum absolute atomic E-state index is 13.8. The van der Waals surface area contributed by atoms with Gasteiger partial charge in [-0.3, -0.25) is 19.7 Å². The second kappa shape index (κ2) is 12.0. The molecule has 2 aromatic heterocycles. The van der Waals surface area contributed by atoms with Crippen molar-refractivity contribution in [2.75, 3.05) is 5.32 Å². The molecule has 1 amide bonds. The molecule has 5 rings (SSSR count). The van der Waals surface area contributed by atoms with Crippen LogP contribution >= 0.6 is 0 Å². The van der Waals surface area contributed by atoms with Gasteiger partial charge < -0.3 is 19.6 Å². The van der Waals surface area contributed by atoms with E-state index in [-0.39, 0.29) is 30.3 Å². The van der Waals surface area contributed by atoms with E-state index in [9.17, 15) is 27.9 Å². The van der Waals surface area contributed by atoms with Crippen LogP contribution in [0.15, 0.2) is 60.9 Å². The molecule has 3 heterocycles. The Morgan fingerprint density at radius 3 is 2.56 bits per heavy atom. The highest BCUT2D eigenvalue weighted by atomic mass is 28.4. The number of benzene rings is 2. The summed E-state index contributed by atoms with van der Waals surface area (Å²) in [5.41, 5.74) is 1.38. The molecule has 1 atom stereocenters. The Morgan fingerprint density at radius 2 is 1.87 bits per heavy atom. The summed E-state index contributed by atoms with van der Waals surface area (Å²) < 4.78 is 54.9. The van der Waals surface area contributed by atoms with Gasteiger partial charge in [0.05, 0.1) is 23.4 Å². The molecule has 45 heavy (non-hydrogen) atoms. The Kier molecular flexibility index (Phi) is 8.55. The van der Waals surface area contributed by atoms with E-state index in [1.54, 1.807) is 36.5 Å². The fourth-order valence-corrected chi connectivity index (χ4v) is 5.77. The topological polar surface area (TPSA) is 115 Å². The summed E-state index contributed by atoms with van der Waals surface area (Å²) in [5.74, 6) is 0.0707. The maximum atomic E-state index is 13.8. The van der Waals surface area contributed by atoms with Crippen molar-refractivity contribution in [2.24, 2.45) is 0 Å². The molecular weight excluding hydrogens is 605 g/mol. The molecular formula is C32H35F3N4O5Si. The van der Waals surface area contributed by atoms with Gasteiger partial charge in [0, 0.05) is 42.0 Å². The molecule has 0 saturated heterocycles. The quantitative estimate of drug-likeness (QED) is 0.179. The minimum atomic E-state index is -4.61. The average Bonchev–Trinajstić information content (AvgIpc) is 3.38. The summed E-state index contributed by atoms with van der Waals surface area (Å²) in [6.45, 7) is 10.5. The van der Waals surface area contributed by atoms with Crippen molar-refractivity contribution >= 4 is 36.9 Å². The lowest BCUT2D eigenvalue weighted by Gasteiger charge is -2.36. The molecule has 1 aliphatic rings. The molecule has 3 N–H and O–H groups in total. The average molecular weight is 641 g/mol. The number of alkyl halides is 3. The zero-order chi connectivity index (χ0) is 32.7. The Labute approximate surface area is 259 Å². The van der Waals surface area contributed by atoms with E-state index in [1.807, 2.05) is 13.1 Å². The molecule has 4 aromatic rings. The second-order valence-corrected chi connectivity index (χ2v) is 17.4. The number of aliphatic carboxylic acids is 1. The summed E-state index contributed by atoms with van der Waals surface area (Å²) in [6, 6.07) is 10.6. The standard InChI is InChI=1S/C32H35F3N4O5Si/c1-31(2,3)45(4,5)43-18-19-12-21(32(33,34)35)15-22(13-19)38-30(42)39-11-9-20-14-23(6-7-27(20)39)44-28-8-10-36-25-16-26(29(40)41)37-17-24(25)28/h6-15,26,37H,16-18H2,1-5H3,(H,38,42)(H,40,41). The molecule has 0 bridgehead atoms. The van der Waals surface area contributed by atoms with E-state index < -0.39 is 38.1 Å². The van der Waals surface area contributed by atoms with Crippen molar-refractivity contribution in [1.29, 1.82) is 0 Å². The van der Waals surface area contributed by atoms with Crippen molar-refractivity contribution in [3.63, 3.8) is 0 Å². The molecule has 0 aliphatic carbocycles. The molecule has 0 spiro atoms. The number of halogens is 3. The monoisotopic (exact) mass is 640 g/mol. The molecule has 0 fully saturated rings. The number of rotatable bonds is 7. The number of hydrogen-bond donors (Lipinski definition) is 3. The number of carboxylic acid groups (broad SMARTS) is 1. The zero-order valence-corrected chi connectivity index (χ0v) is 26.6. The van der Waals surface area contributed by atoms with Gasteiger partial charge >= 0.3 is 18.2 Å². The predicted octanol–water partition coefficient (Wildman–Crippen LogP) is 7.55. The van der Waals surface area contributed by atoms with Gasteiger partial charge in [0.2, 0.25) is 0 Å². The van der Waals surface area contributed by atoms with Crippen LogP contribution in [-0.4, -0.2) is 41.0 Å². The molecule has 13 heteroatoms. The van der Waals surface area contributed by atoms with E-state index in [0.717, 1.165) is 17.7 Å². The highest BCUT2D eigenvalue weighted by Crippen LogP contribution is 2.38. The SMILES string of the molecule is CC(C)(C)[Si](C)(C)OCc1cc(NC(=O)n2ccc3cc(Oc4ccnc5c4CNC(C(=O)O)C5)ccc32)cc(C(F)(F)F)c1. The summed E-state index contributed by atoms with van der Waals surface area (Å²) in [6.07, 6.45) is -1.28. The zero-order valence-electron chi connectivity index (χ0n) is 25.6. The Morgan fingerprint density at radius 1 is 1.11 bits per heavy atom. The number of anilines is 1. The number of pyridine rings is 1. The number of nitrogens with one attached hydrogen (secondary N) is 2. The molecule has 0 radical (unpaired) electrons. The number of nitrogens with zero attached hydrogens (tertiary/aromatic N) is 2. The minimum absolute atomic E-state index is 0.00457. The summed E-state index contributed by atoms with van der Waals surface area (Å²) in [5, 5.41) is 15.4. The highest BCUT2D eigenvalue weighted by molar-refractivity contribution is 6.74. The van der Waals surface area contributed by atoms with E-state index in [1.165, 1.54) is 16.8 Å². The lowest BCUT2D eigenvalue weighted by Crippen LogP contribution is -2.42. The van der Waals surface area contributed by atoms with Crippen LogP contribution in [0, 0.1) is 0 Å². The van der Waals surface area contributed by atoms with Gasteiger partial charge in [-0.25, -0.2) is 4.79 Å². The number of fused-ring (bicyclic) bond motifs is 2. The summed E-state index contributed by atoms with van der Waals surface area (Å²) in [4.78, 5) is 29.0. The van der Waals surface area contributed by atoms with Crippen LogP contribution in [0.1, 0.15) is 43.2 Å². The van der Waals surface area contributed by atoms with Crippen molar-refractivity contribution < 1.29 is 37.0 Å². The van der Waals surface area contributed by atoms with Crippen LogP contribution in [0.5, 0.6) is 11.5 Å². The molecule has 238 valence electrons. The third kappa shape index (κ3) is 7.05. The molecule has 9 nitrogen and oxygen atoms in total. The molecule has 1 aliphatic heterocycles. The third-order valence-electron chi connectivity index (χ3n) is 8.41. The minimum Gasteiger partial charge on any atom is -0.480 e. The van der Waals surface area contributed by atoms with Crippen LogP contribution in [-0.2, 0) is 35.0 Å². The van der Waals surface area contributed by atoms with E-state index in [0.29, 0.717) is 33.7 Å². The van der Waals surface area contributed by atoms with Gasteiger partial charge in [-0.05, 0) is 72.2 Å². The maximum Gasteiger partial charge on any atom is 0.416 e.